The molecular weight excluding hydrogens is 296 g/mol. The maximum Gasteiger partial charge on any atom is 0.171 e. The highest BCUT2D eigenvalue weighted by molar-refractivity contribution is 5.44. The largest absolute Gasteiger partial charge is 0.493 e. The van der Waals surface area contributed by atoms with Crippen LogP contribution in [-0.4, -0.2) is 35.5 Å². The lowest BCUT2D eigenvalue weighted by Gasteiger charge is -2.13. The Bertz CT molecular complexity index is 653. The zero-order valence-corrected chi connectivity index (χ0v) is 13.4. The van der Waals surface area contributed by atoms with Gasteiger partial charge in [-0.1, -0.05) is 6.07 Å². The SMILES string of the molecule is CCOc1cc([C@H](N)c2n[nH]c([C@H]3CCCO3)n2)ccc1OC. The van der Waals surface area contributed by atoms with Crippen LogP contribution < -0.4 is 15.2 Å². The van der Waals surface area contributed by atoms with Crippen LogP contribution in [0.5, 0.6) is 11.5 Å². The minimum absolute atomic E-state index is 0.00157. The minimum atomic E-state index is -0.438. The molecule has 7 heteroatoms. The molecular formula is C16H22N4O3. The number of benzene rings is 1. The highest BCUT2D eigenvalue weighted by Gasteiger charge is 2.23. The molecule has 3 rings (SSSR count). The van der Waals surface area contributed by atoms with E-state index in [2.05, 4.69) is 15.2 Å². The van der Waals surface area contributed by atoms with Crippen molar-refractivity contribution in [3.8, 4) is 11.5 Å². The molecule has 7 nitrogen and oxygen atoms in total. The van der Waals surface area contributed by atoms with Gasteiger partial charge < -0.3 is 19.9 Å². The van der Waals surface area contributed by atoms with Gasteiger partial charge in [0.15, 0.2) is 23.1 Å². The normalized spacial score (nSPS) is 18.8. The lowest BCUT2D eigenvalue weighted by atomic mass is 10.1. The summed E-state index contributed by atoms with van der Waals surface area (Å²) in [6.45, 7) is 3.25. The number of methoxy groups -OCH3 is 1. The zero-order valence-electron chi connectivity index (χ0n) is 13.4. The van der Waals surface area contributed by atoms with Gasteiger partial charge in [-0.05, 0) is 37.5 Å². The van der Waals surface area contributed by atoms with Crippen molar-refractivity contribution < 1.29 is 14.2 Å². The molecule has 0 bridgehead atoms. The molecule has 1 fully saturated rings. The number of ether oxygens (including phenoxy) is 3. The summed E-state index contributed by atoms with van der Waals surface area (Å²) in [6.07, 6.45) is 2.00. The van der Waals surface area contributed by atoms with Gasteiger partial charge in [0.25, 0.3) is 0 Å². The van der Waals surface area contributed by atoms with Gasteiger partial charge >= 0.3 is 0 Å². The van der Waals surface area contributed by atoms with Crippen molar-refractivity contribution in [3.63, 3.8) is 0 Å². The standard InChI is InChI=1S/C16H22N4O3/c1-3-22-13-9-10(6-7-11(13)21-2)14(17)16-18-15(19-20-16)12-5-4-8-23-12/h6-7,9,12,14H,3-5,8,17H2,1-2H3,(H,18,19,20)/t12-,14+/m1/s1. The molecule has 2 heterocycles. The predicted octanol–water partition coefficient (Wildman–Crippen LogP) is 2.11. The Kier molecular flexibility index (Phi) is 4.78. The van der Waals surface area contributed by atoms with Crippen molar-refractivity contribution in [2.75, 3.05) is 20.3 Å². The fraction of sp³-hybridized carbons (Fsp3) is 0.500. The van der Waals surface area contributed by atoms with Gasteiger partial charge in [0.2, 0.25) is 0 Å². The van der Waals surface area contributed by atoms with Crippen molar-refractivity contribution in [1.82, 2.24) is 15.2 Å². The first kappa shape index (κ1) is 15.8. The first-order valence-corrected chi connectivity index (χ1v) is 7.83. The second-order valence-corrected chi connectivity index (χ2v) is 5.40. The summed E-state index contributed by atoms with van der Waals surface area (Å²) in [5, 5.41) is 7.18. The van der Waals surface area contributed by atoms with Gasteiger partial charge in [-0.2, -0.15) is 5.10 Å². The summed E-state index contributed by atoms with van der Waals surface area (Å²) in [6, 6.07) is 5.17. The topological polar surface area (TPSA) is 95.3 Å². The van der Waals surface area contributed by atoms with E-state index in [0.29, 0.717) is 23.9 Å². The van der Waals surface area contributed by atoms with E-state index in [-0.39, 0.29) is 6.10 Å². The molecule has 0 saturated carbocycles. The highest BCUT2D eigenvalue weighted by Crippen LogP contribution is 2.32. The van der Waals surface area contributed by atoms with Crippen LogP contribution in [0.2, 0.25) is 0 Å². The molecule has 2 atom stereocenters. The van der Waals surface area contributed by atoms with Gasteiger partial charge in [0.05, 0.1) is 19.8 Å². The molecule has 1 aromatic heterocycles. The van der Waals surface area contributed by atoms with E-state index in [0.717, 1.165) is 30.8 Å². The van der Waals surface area contributed by atoms with Crippen molar-refractivity contribution >= 4 is 0 Å². The van der Waals surface area contributed by atoms with E-state index in [9.17, 15) is 0 Å². The van der Waals surface area contributed by atoms with Crippen LogP contribution in [0.25, 0.3) is 0 Å². The predicted molar refractivity (Wildman–Crippen MR) is 84.5 cm³/mol. The average Bonchev–Trinajstić information content (AvgIpc) is 3.25. The van der Waals surface area contributed by atoms with Crippen LogP contribution in [0.1, 0.15) is 49.1 Å². The third kappa shape index (κ3) is 3.30. The Morgan fingerprint density at radius 2 is 2.30 bits per heavy atom. The van der Waals surface area contributed by atoms with Crippen LogP contribution in [-0.2, 0) is 4.74 Å². The number of rotatable bonds is 6. The first-order chi connectivity index (χ1) is 11.2. The van der Waals surface area contributed by atoms with E-state index in [4.69, 9.17) is 19.9 Å². The second kappa shape index (κ2) is 6.97. The number of hydrogen-bond donors (Lipinski definition) is 2. The summed E-state index contributed by atoms with van der Waals surface area (Å²) in [5.41, 5.74) is 7.17. The number of nitrogens with two attached hydrogens (primary N) is 1. The lowest BCUT2D eigenvalue weighted by molar-refractivity contribution is 0.105. The van der Waals surface area contributed by atoms with E-state index >= 15 is 0 Å². The van der Waals surface area contributed by atoms with Crippen molar-refractivity contribution in [2.24, 2.45) is 5.73 Å². The van der Waals surface area contributed by atoms with Crippen LogP contribution in [0.15, 0.2) is 18.2 Å². The minimum Gasteiger partial charge on any atom is -0.493 e. The molecule has 1 aromatic carbocycles. The number of nitrogens with zero attached hydrogens (tertiary/aromatic N) is 2. The Morgan fingerprint density at radius 3 is 3.00 bits per heavy atom. The lowest BCUT2D eigenvalue weighted by Crippen LogP contribution is -2.14. The smallest absolute Gasteiger partial charge is 0.171 e. The van der Waals surface area contributed by atoms with Crippen LogP contribution in [0, 0.1) is 0 Å². The number of nitrogens with one attached hydrogen (secondary N) is 1. The second-order valence-electron chi connectivity index (χ2n) is 5.40. The monoisotopic (exact) mass is 318 g/mol. The Hall–Kier alpha value is -2.12. The molecule has 124 valence electrons. The van der Waals surface area contributed by atoms with E-state index in [1.165, 1.54) is 0 Å². The van der Waals surface area contributed by atoms with Gasteiger partial charge in [-0.15, -0.1) is 0 Å². The molecule has 2 aromatic rings. The summed E-state index contributed by atoms with van der Waals surface area (Å²) >= 11 is 0. The highest BCUT2D eigenvalue weighted by atomic mass is 16.5. The Labute approximate surface area is 135 Å². The molecule has 0 radical (unpaired) electrons. The third-order valence-electron chi connectivity index (χ3n) is 3.88. The van der Waals surface area contributed by atoms with Gasteiger partial charge in [-0.3, -0.25) is 5.10 Å². The molecule has 1 aliphatic heterocycles. The number of aromatic amines is 1. The van der Waals surface area contributed by atoms with E-state index in [1.54, 1.807) is 7.11 Å². The van der Waals surface area contributed by atoms with E-state index < -0.39 is 6.04 Å². The van der Waals surface area contributed by atoms with Crippen molar-refractivity contribution in [2.45, 2.75) is 31.9 Å². The Balaban J connectivity index is 1.82. The summed E-state index contributed by atoms with van der Waals surface area (Å²) in [4.78, 5) is 4.50. The molecule has 1 saturated heterocycles. The van der Waals surface area contributed by atoms with Crippen LogP contribution >= 0.6 is 0 Å². The summed E-state index contributed by atoms with van der Waals surface area (Å²) in [7, 11) is 1.61. The van der Waals surface area contributed by atoms with Gasteiger partial charge in [0, 0.05) is 6.61 Å². The third-order valence-corrected chi connectivity index (χ3v) is 3.88. The number of hydrogen-bond acceptors (Lipinski definition) is 6. The number of aromatic nitrogens is 3. The van der Waals surface area contributed by atoms with Crippen LogP contribution in [0.4, 0.5) is 0 Å². The summed E-state index contributed by atoms with van der Waals surface area (Å²) in [5.74, 6) is 2.63. The maximum atomic E-state index is 6.30. The Morgan fingerprint density at radius 1 is 1.43 bits per heavy atom. The van der Waals surface area contributed by atoms with Gasteiger partial charge in [0.1, 0.15) is 6.10 Å². The van der Waals surface area contributed by atoms with Crippen molar-refractivity contribution in [3.05, 3.63) is 35.4 Å². The van der Waals surface area contributed by atoms with Crippen LogP contribution in [0.3, 0.4) is 0 Å². The van der Waals surface area contributed by atoms with Crippen molar-refractivity contribution in [1.29, 1.82) is 0 Å². The quantitative estimate of drug-likeness (QED) is 0.847. The average molecular weight is 318 g/mol. The molecule has 0 spiro atoms. The molecule has 23 heavy (non-hydrogen) atoms. The van der Waals surface area contributed by atoms with E-state index in [1.807, 2.05) is 25.1 Å². The zero-order chi connectivity index (χ0) is 16.2. The van der Waals surface area contributed by atoms with Gasteiger partial charge in [-0.25, -0.2) is 4.98 Å². The molecule has 3 N–H and O–H groups in total. The fourth-order valence-electron chi connectivity index (χ4n) is 2.67. The molecule has 0 unspecified atom stereocenters. The molecule has 0 amide bonds. The summed E-state index contributed by atoms with van der Waals surface area (Å²) < 4.78 is 16.5. The first-order valence-electron chi connectivity index (χ1n) is 7.83. The molecule has 1 aliphatic rings. The maximum absolute atomic E-state index is 6.30. The fourth-order valence-corrected chi connectivity index (χ4v) is 2.67. The number of H-pyrrole nitrogens is 1. The molecule has 0 aliphatic carbocycles.